The fourth-order valence-electron chi connectivity index (χ4n) is 6.23. The fourth-order valence-corrected chi connectivity index (χ4v) is 6.23. The van der Waals surface area contributed by atoms with Crippen LogP contribution in [0.3, 0.4) is 0 Å². The number of unbranched alkanes of at least 4 members (excludes halogenated alkanes) is 22. The Bertz CT molecular complexity index is 826. The second-order valence-electron chi connectivity index (χ2n) is 15.5. The average molecular weight is 766 g/mol. The SMILES string of the molecule is C=C(CCCCCCC/C=C\CCCCCCCC)N(CCO)CCO.C=C(CCCCCCC/C=C\CCCCCCCC)OCC(CO)(CO)CO. The number of allylic oxidation sites excluding steroid dienone is 6. The summed E-state index contributed by atoms with van der Waals surface area (Å²) in [6, 6.07) is 0. The summed E-state index contributed by atoms with van der Waals surface area (Å²) in [6.45, 7) is 13.1. The van der Waals surface area contributed by atoms with E-state index in [1.54, 1.807) is 0 Å². The molecule has 0 bridgehead atoms. The molecule has 5 N–H and O–H groups in total. The summed E-state index contributed by atoms with van der Waals surface area (Å²) in [5.74, 6) is 0.664. The topological polar surface area (TPSA) is 114 Å². The van der Waals surface area contributed by atoms with Gasteiger partial charge in [-0.3, -0.25) is 0 Å². The quantitative estimate of drug-likeness (QED) is 0.0239. The Balaban J connectivity index is 0. The van der Waals surface area contributed by atoms with Gasteiger partial charge in [0, 0.05) is 25.2 Å². The van der Waals surface area contributed by atoms with E-state index in [0.29, 0.717) is 18.8 Å². The first-order valence-corrected chi connectivity index (χ1v) is 22.5. The molecule has 0 aromatic heterocycles. The predicted molar refractivity (Wildman–Crippen MR) is 233 cm³/mol. The monoisotopic (exact) mass is 766 g/mol. The lowest BCUT2D eigenvalue weighted by atomic mass is 9.92. The van der Waals surface area contributed by atoms with Gasteiger partial charge in [0.15, 0.2) is 0 Å². The first-order valence-electron chi connectivity index (χ1n) is 22.5. The van der Waals surface area contributed by atoms with Crippen LogP contribution in [0.4, 0.5) is 0 Å². The highest BCUT2D eigenvalue weighted by atomic mass is 16.5. The largest absolute Gasteiger partial charge is 0.498 e. The van der Waals surface area contributed by atoms with E-state index in [2.05, 4.69) is 51.3 Å². The molecule has 0 aliphatic heterocycles. The van der Waals surface area contributed by atoms with Crippen LogP contribution in [-0.2, 0) is 4.74 Å². The van der Waals surface area contributed by atoms with Crippen molar-refractivity contribution in [2.45, 2.75) is 194 Å². The van der Waals surface area contributed by atoms with Crippen molar-refractivity contribution in [3.05, 3.63) is 48.9 Å². The number of rotatable bonds is 41. The van der Waals surface area contributed by atoms with Crippen LogP contribution in [-0.4, -0.2) is 83.2 Å². The molecule has 0 aromatic rings. The van der Waals surface area contributed by atoms with E-state index in [1.807, 2.05) is 4.90 Å². The average Bonchev–Trinajstić information content (AvgIpc) is 3.18. The van der Waals surface area contributed by atoms with E-state index in [4.69, 9.17) is 14.9 Å². The van der Waals surface area contributed by atoms with Gasteiger partial charge >= 0.3 is 0 Å². The number of aliphatic hydroxyl groups excluding tert-OH is 5. The molecule has 0 aliphatic rings. The summed E-state index contributed by atoms with van der Waals surface area (Å²) in [5.41, 5.74) is 0.0663. The zero-order chi connectivity index (χ0) is 40.2. The molecule has 0 saturated heterocycles. The summed E-state index contributed by atoms with van der Waals surface area (Å²) < 4.78 is 5.52. The third-order valence-electron chi connectivity index (χ3n) is 10.2. The summed E-state index contributed by atoms with van der Waals surface area (Å²) in [6.07, 6.45) is 44.9. The molecule has 54 heavy (non-hydrogen) atoms. The highest BCUT2D eigenvalue weighted by Gasteiger charge is 2.29. The maximum absolute atomic E-state index is 9.27. The molecule has 0 heterocycles. The molecule has 320 valence electrons. The molecule has 0 aliphatic carbocycles. The van der Waals surface area contributed by atoms with Gasteiger partial charge in [0.1, 0.15) is 0 Å². The van der Waals surface area contributed by atoms with Gasteiger partial charge in [-0.25, -0.2) is 0 Å². The zero-order valence-corrected chi connectivity index (χ0v) is 35.8. The number of hydrogen-bond donors (Lipinski definition) is 5. The van der Waals surface area contributed by atoms with Crippen LogP contribution >= 0.6 is 0 Å². The van der Waals surface area contributed by atoms with Crippen molar-refractivity contribution >= 4 is 0 Å². The van der Waals surface area contributed by atoms with Crippen molar-refractivity contribution < 1.29 is 30.3 Å². The molecule has 0 unspecified atom stereocenters. The van der Waals surface area contributed by atoms with Crippen LogP contribution in [0.1, 0.15) is 194 Å². The Kier molecular flexibility index (Phi) is 44.5. The minimum absolute atomic E-state index is 0.0976. The van der Waals surface area contributed by atoms with Gasteiger partial charge in [-0.15, -0.1) is 0 Å². The Morgan fingerprint density at radius 2 is 0.815 bits per heavy atom. The fraction of sp³-hybridized carbons (Fsp3) is 0.830. The lowest BCUT2D eigenvalue weighted by Crippen LogP contribution is -2.38. The number of ether oxygens (including phenoxy) is 1. The van der Waals surface area contributed by atoms with Gasteiger partial charge in [0.2, 0.25) is 0 Å². The first-order chi connectivity index (χ1) is 26.4. The van der Waals surface area contributed by atoms with Gasteiger partial charge in [-0.2, -0.15) is 0 Å². The van der Waals surface area contributed by atoms with E-state index >= 15 is 0 Å². The molecule has 7 heteroatoms. The van der Waals surface area contributed by atoms with Crippen molar-refractivity contribution in [1.82, 2.24) is 4.90 Å². The first kappa shape index (κ1) is 54.5. The highest BCUT2D eigenvalue weighted by molar-refractivity contribution is 4.93. The third kappa shape index (κ3) is 37.3. The minimum atomic E-state index is -0.981. The molecule has 0 fully saturated rings. The highest BCUT2D eigenvalue weighted by Crippen LogP contribution is 2.19. The zero-order valence-electron chi connectivity index (χ0n) is 35.8. The number of aliphatic hydroxyl groups is 5. The van der Waals surface area contributed by atoms with E-state index in [-0.39, 0.29) is 39.6 Å². The van der Waals surface area contributed by atoms with E-state index in [1.165, 1.54) is 148 Å². The summed E-state index contributed by atoms with van der Waals surface area (Å²) >= 11 is 0. The molecule has 0 atom stereocenters. The van der Waals surface area contributed by atoms with Gasteiger partial charge in [-0.05, 0) is 70.6 Å². The number of nitrogens with zero attached hydrogens (tertiary/aromatic N) is 1. The smallest absolute Gasteiger partial charge is 0.0999 e. The third-order valence-corrected chi connectivity index (χ3v) is 10.2. The Labute approximate surface area is 335 Å². The molecule has 0 rings (SSSR count). The minimum Gasteiger partial charge on any atom is -0.498 e. The lowest BCUT2D eigenvalue weighted by molar-refractivity contribution is -0.0431. The standard InChI is InChI=1S/C24H46O4.C23H45NO2/c1-3-4-5-6-7-8-9-10-11-12-13-14-15-16-17-18-23(2)28-22-24(19-25,20-26)21-27;1-3-4-5-6-7-8-9-10-11-12-13-14-15-16-17-18-23(2)24(19-21-25)20-22-26/h10-11,25-27H,2-9,12-22H2,1H3;10-11,25-26H,2-9,12-22H2,1H3/b2*11-10-. The van der Waals surface area contributed by atoms with Crippen molar-refractivity contribution in [3.8, 4) is 0 Å². The van der Waals surface area contributed by atoms with E-state index in [0.717, 1.165) is 37.8 Å². The van der Waals surface area contributed by atoms with Crippen LogP contribution in [0, 0.1) is 5.41 Å². The van der Waals surface area contributed by atoms with Gasteiger partial charge in [0.25, 0.3) is 0 Å². The van der Waals surface area contributed by atoms with Crippen molar-refractivity contribution in [2.24, 2.45) is 5.41 Å². The van der Waals surface area contributed by atoms with Crippen LogP contribution in [0.2, 0.25) is 0 Å². The van der Waals surface area contributed by atoms with Gasteiger partial charge in [0.05, 0.1) is 50.8 Å². The van der Waals surface area contributed by atoms with Gasteiger partial charge < -0.3 is 35.2 Å². The van der Waals surface area contributed by atoms with Crippen molar-refractivity contribution in [1.29, 1.82) is 0 Å². The van der Waals surface area contributed by atoms with E-state index in [9.17, 15) is 15.3 Å². The van der Waals surface area contributed by atoms with Crippen LogP contribution in [0.5, 0.6) is 0 Å². The Morgan fingerprint density at radius 1 is 0.481 bits per heavy atom. The lowest BCUT2D eigenvalue weighted by Gasteiger charge is -2.27. The molecule has 0 radical (unpaired) electrons. The normalized spacial score (nSPS) is 11.7. The second kappa shape index (κ2) is 44.1. The Morgan fingerprint density at radius 3 is 1.17 bits per heavy atom. The summed E-state index contributed by atoms with van der Waals surface area (Å²) in [7, 11) is 0. The molecule has 0 aromatic carbocycles. The summed E-state index contributed by atoms with van der Waals surface area (Å²) in [5, 5.41) is 45.9. The molecular formula is C47H91NO6. The molecule has 0 spiro atoms. The summed E-state index contributed by atoms with van der Waals surface area (Å²) in [4.78, 5) is 1.99. The van der Waals surface area contributed by atoms with E-state index < -0.39 is 5.41 Å². The van der Waals surface area contributed by atoms with Crippen LogP contribution in [0.25, 0.3) is 0 Å². The number of hydrogen-bond acceptors (Lipinski definition) is 7. The van der Waals surface area contributed by atoms with Crippen molar-refractivity contribution in [2.75, 3.05) is 52.7 Å². The molecule has 7 nitrogen and oxygen atoms in total. The molecule has 0 amide bonds. The molecule has 0 saturated carbocycles. The second-order valence-corrected chi connectivity index (χ2v) is 15.5. The maximum atomic E-state index is 9.27. The predicted octanol–water partition coefficient (Wildman–Crippen LogP) is 11.3. The van der Waals surface area contributed by atoms with Crippen LogP contribution < -0.4 is 0 Å². The molecular weight excluding hydrogens is 675 g/mol. The van der Waals surface area contributed by atoms with Gasteiger partial charge in [-0.1, -0.05) is 154 Å². The maximum Gasteiger partial charge on any atom is 0.0999 e. The Hall–Kier alpha value is -1.64. The van der Waals surface area contributed by atoms with Crippen molar-refractivity contribution in [3.63, 3.8) is 0 Å². The van der Waals surface area contributed by atoms with Crippen LogP contribution in [0.15, 0.2) is 48.9 Å².